The van der Waals surface area contributed by atoms with E-state index in [9.17, 15) is 8.42 Å². The molecule has 0 amide bonds. The van der Waals surface area contributed by atoms with Gasteiger partial charge in [0.1, 0.15) is 0 Å². The van der Waals surface area contributed by atoms with Crippen molar-refractivity contribution in [1.82, 2.24) is 0 Å². The molecule has 50 valence electrons. The second-order valence-corrected chi connectivity index (χ2v) is 2.92. The van der Waals surface area contributed by atoms with Gasteiger partial charge in [-0.1, -0.05) is 6.08 Å². The quantitative estimate of drug-likeness (QED) is 0.317. The molecule has 0 unspecified atom stereocenters. The van der Waals surface area contributed by atoms with Gasteiger partial charge in [0.15, 0.2) is 0 Å². The van der Waals surface area contributed by atoms with Crippen LogP contribution in [-0.4, -0.2) is 50.8 Å². The molecule has 0 aromatic rings. The summed E-state index contributed by atoms with van der Waals surface area (Å²) in [5.41, 5.74) is 0. The number of rotatable bonds is 3. The number of hydrogen-bond donors (Lipinski definition) is 0. The molecular formula is C4H9NaO3S. The Morgan fingerprint density at radius 3 is 2.22 bits per heavy atom. The third-order valence-electron chi connectivity index (χ3n) is 0.400. The van der Waals surface area contributed by atoms with Crippen LogP contribution in [0.3, 0.4) is 0 Å². The van der Waals surface area contributed by atoms with Crippen LogP contribution >= 0.6 is 0 Å². The van der Waals surface area contributed by atoms with E-state index in [0.717, 1.165) is 6.26 Å². The first kappa shape index (κ1) is 12.3. The van der Waals surface area contributed by atoms with Gasteiger partial charge in [0.05, 0.1) is 12.9 Å². The fourth-order valence-electron chi connectivity index (χ4n) is 0.172. The summed E-state index contributed by atoms with van der Waals surface area (Å²) < 4.78 is 24.5. The summed E-state index contributed by atoms with van der Waals surface area (Å²) in [5, 5.41) is 0. The van der Waals surface area contributed by atoms with E-state index in [1.54, 1.807) is 0 Å². The standard InChI is InChI=1S/C4H8O3S.Na.H/c1-3-4-7-8(2,5)6;;/h3H,1,4H2,2H3;;. The van der Waals surface area contributed by atoms with Crippen LogP contribution in [-0.2, 0) is 14.3 Å². The van der Waals surface area contributed by atoms with E-state index in [0.29, 0.717) is 0 Å². The van der Waals surface area contributed by atoms with Crippen molar-refractivity contribution in [1.29, 1.82) is 0 Å². The summed E-state index contributed by atoms with van der Waals surface area (Å²) in [4.78, 5) is 0. The normalized spacial score (nSPS) is 9.89. The Labute approximate surface area is 77.5 Å². The van der Waals surface area contributed by atoms with Gasteiger partial charge in [0.25, 0.3) is 10.1 Å². The van der Waals surface area contributed by atoms with Gasteiger partial charge in [-0.25, -0.2) is 0 Å². The van der Waals surface area contributed by atoms with Gasteiger partial charge in [-0.05, 0) is 0 Å². The predicted octanol–water partition coefficient (Wildman–Crippen LogP) is -0.500. The number of hydrogen-bond acceptors (Lipinski definition) is 3. The topological polar surface area (TPSA) is 43.4 Å². The Morgan fingerprint density at radius 1 is 1.67 bits per heavy atom. The molecule has 0 aromatic carbocycles. The molecule has 0 aliphatic heterocycles. The van der Waals surface area contributed by atoms with E-state index in [2.05, 4.69) is 10.8 Å². The monoisotopic (exact) mass is 160 g/mol. The molecule has 0 aliphatic rings. The van der Waals surface area contributed by atoms with Crippen molar-refractivity contribution < 1.29 is 12.6 Å². The van der Waals surface area contributed by atoms with Crippen molar-refractivity contribution >= 4 is 39.7 Å². The van der Waals surface area contributed by atoms with Crippen LogP contribution < -0.4 is 0 Å². The van der Waals surface area contributed by atoms with E-state index in [1.807, 2.05) is 0 Å². The van der Waals surface area contributed by atoms with Gasteiger partial charge in [0, 0.05) is 0 Å². The summed E-state index contributed by atoms with van der Waals surface area (Å²) >= 11 is 0. The van der Waals surface area contributed by atoms with Crippen LogP contribution in [0.5, 0.6) is 0 Å². The zero-order chi connectivity index (χ0) is 6.62. The first-order valence-corrected chi connectivity index (χ1v) is 3.83. The third-order valence-corrected chi connectivity index (χ3v) is 0.964. The third kappa shape index (κ3) is 12.0. The molecule has 0 aromatic heterocycles. The summed E-state index contributed by atoms with van der Waals surface area (Å²) in [5.74, 6) is 0. The van der Waals surface area contributed by atoms with Crippen LogP contribution in [0.4, 0.5) is 0 Å². The zero-order valence-electron chi connectivity index (χ0n) is 4.62. The Kier molecular flexibility index (Phi) is 7.45. The van der Waals surface area contributed by atoms with E-state index in [-0.39, 0.29) is 36.2 Å². The van der Waals surface area contributed by atoms with Gasteiger partial charge in [-0.3, -0.25) is 4.18 Å². The summed E-state index contributed by atoms with van der Waals surface area (Å²) in [6.07, 6.45) is 2.37. The van der Waals surface area contributed by atoms with Crippen LogP contribution in [0, 0.1) is 0 Å². The molecule has 5 heteroatoms. The SMILES string of the molecule is C=CCOS(C)(=O)=O.[NaH]. The molecule has 0 N–H and O–H groups in total. The minimum atomic E-state index is -3.26. The molecule has 0 heterocycles. The van der Waals surface area contributed by atoms with Gasteiger partial charge in [-0.15, -0.1) is 6.58 Å². The molecule has 0 saturated heterocycles. The van der Waals surface area contributed by atoms with Crippen LogP contribution in [0.2, 0.25) is 0 Å². The van der Waals surface area contributed by atoms with Crippen molar-refractivity contribution in [2.45, 2.75) is 0 Å². The molecule has 0 aliphatic carbocycles. The van der Waals surface area contributed by atoms with Crippen molar-refractivity contribution in [2.75, 3.05) is 12.9 Å². The van der Waals surface area contributed by atoms with Crippen molar-refractivity contribution in [3.63, 3.8) is 0 Å². The average molecular weight is 160 g/mol. The van der Waals surface area contributed by atoms with Crippen LogP contribution in [0.1, 0.15) is 0 Å². The van der Waals surface area contributed by atoms with Gasteiger partial charge in [-0.2, -0.15) is 8.42 Å². The summed E-state index contributed by atoms with van der Waals surface area (Å²) in [7, 11) is -3.26. The van der Waals surface area contributed by atoms with E-state index >= 15 is 0 Å². The Bertz CT molecular complexity index is 161. The summed E-state index contributed by atoms with van der Waals surface area (Å²) in [6.45, 7) is 3.33. The maximum absolute atomic E-state index is 10.1. The fourth-order valence-corrected chi connectivity index (χ4v) is 0.515. The van der Waals surface area contributed by atoms with Gasteiger partial charge < -0.3 is 0 Å². The fraction of sp³-hybridized carbons (Fsp3) is 0.500. The molecule has 0 spiro atoms. The first-order chi connectivity index (χ1) is 3.56. The van der Waals surface area contributed by atoms with Crippen molar-refractivity contribution in [3.05, 3.63) is 12.7 Å². The van der Waals surface area contributed by atoms with E-state index in [1.165, 1.54) is 6.08 Å². The molecule has 0 rings (SSSR count). The summed E-state index contributed by atoms with van der Waals surface area (Å²) in [6, 6.07) is 0. The minimum absolute atomic E-state index is 0. The Hall–Kier alpha value is 0.650. The molecule has 0 radical (unpaired) electrons. The molecular weight excluding hydrogens is 151 g/mol. The van der Waals surface area contributed by atoms with Gasteiger partial charge in [0.2, 0.25) is 0 Å². The Morgan fingerprint density at radius 2 is 2.11 bits per heavy atom. The second-order valence-electron chi connectivity index (χ2n) is 1.28. The Balaban J connectivity index is 0. The van der Waals surface area contributed by atoms with E-state index < -0.39 is 10.1 Å². The first-order valence-electron chi connectivity index (χ1n) is 2.01. The van der Waals surface area contributed by atoms with Gasteiger partial charge >= 0.3 is 29.6 Å². The van der Waals surface area contributed by atoms with Crippen LogP contribution in [0.15, 0.2) is 12.7 Å². The molecule has 3 nitrogen and oxygen atoms in total. The predicted molar refractivity (Wildman–Crippen MR) is 38.1 cm³/mol. The average Bonchev–Trinajstić information content (AvgIpc) is 1.59. The zero-order valence-corrected chi connectivity index (χ0v) is 5.44. The van der Waals surface area contributed by atoms with Crippen molar-refractivity contribution in [2.24, 2.45) is 0 Å². The van der Waals surface area contributed by atoms with Crippen molar-refractivity contribution in [3.8, 4) is 0 Å². The van der Waals surface area contributed by atoms with E-state index in [4.69, 9.17) is 0 Å². The molecule has 0 bridgehead atoms. The van der Waals surface area contributed by atoms with Crippen LogP contribution in [0.25, 0.3) is 0 Å². The molecule has 0 fully saturated rings. The maximum atomic E-state index is 10.1. The molecule has 9 heavy (non-hydrogen) atoms. The second kappa shape index (κ2) is 5.44. The molecule has 0 saturated carbocycles. The molecule has 0 atom stereocenters.